The van der Waals surface area contributed by atoms with Crippen LogP contribution in [0.5, 0.6) is 0 Å². The number of rotatable bonds is 4. The zero-order chi connectivity index (χ0) is 39.3. The smallest absolute Gasteiger partial charge is 0.143 e. The summed E-state index contributed by atoms with van der Waals surface area (Å²) in [5.41, 5.74) is 11.5. The summed E-state index contributed by atoms with van der Waals surface area (Å²) in [4.78, 5) is 0. The highest BCUT2D eigenvalue weighted by Crippen LogP contribution is 2.50. The predicted molar refractivity (Wildman–Crippen MR) is 258 cm³/mol. The van der Waals surface area contributed by atoms with Crippen LogP contribution in [0.15, 0.2) is 211 Å². The van der Waals surface area contributed by atoms with E-state index in [1.807, 2.05) is 11.3 Å². The first kappa shape index (κ1) is 33.5. The Labute approximate surface area is 350 Å². The second-order valence-electron chi connectivity index (χ2n) is 15.8. The van der Waals surface area contributed by atoms with Crippen LogP contribution < -0.4 is 0 Å². The molecule has 0 atom stereocenters. The van der Waals surface area contributed by atoms with Crippen LogP contribution in [0.25, 0.3) is 130 Å². The molecule has 13 rings (SSSR count). The number of para-hydroxylation sites is 1. The van der Waals surface area contributed by atoms with Gasteiger partial charge in [0.2, 0.25) is 0 Å². The lowest BCUT2D eigenvalue weighted by atomic mass is 9.84. The van der Waals surface area contributed by atoms with Gasteiger partial charge in [-0.05, 0) is 101 Å². The van der Waals surface area contributed by atoms with Gasteiger partial charge < -0.3 is 4.42 Å². The van der Waals surface area contributed by atoms with Gasteiger partial charge in [-0.15, -0.1) is 11.3 Å². The molecule has 2 heterocycles. The Morgan fingerprint density at radius 3 is 1.35 bits per heavy atom. The Morgan fingerprint density at radius 1 is 0.283 bits per heavy atom. The van der Waals surface area contributed by atoms with E-state index in [0.29, 0.717) is 0 Å². The third-order valence-electron chi connectivity index (χ3n) is 12.7. The quantitative estimate of drug-likeness (QED) is 0.162. The first-order valence-electron chi connectivity index (χ1n) is 20.6. The normalized spacial score (nSPS) is 12.0. The van der Waals surface area contributed by atoms with Crippen molar-refractivity contribution in [1.29, 1.82) is 0 Å². The zero-order valence-electron chi connectivity index (χ0n) is 32.4. The fourth-order valence-corrected chi connectivity index (χ4v) is 11.3. The summed E-state index contributed by atoms with van der Waals surface area (Å²) >= 11 is 1.86. The minimum Gasteiger partial charge on any atom is -0.455 e. The van der Waals surface area contributed by atoms with Crippen molar-refractivity contribution < 1.29 is 4.42 Å². The Bertz CT molecular complexity index is 3770. The fourth-order valence-electron chi connectivity index (χ4n) is 10.2. The topological polar surface area (TPSA) is 13.1 Å². The molecule has 278 valence electrons. The molecule has 0 N–H and O–H groups in total. The van der Waals surface area contributed by atoms with Crippen LogP contribution in [0.3, 0.4) is 0 Å². The summed E-state index contributed by atoms with van der Waals surface area (Å²) < 4.78 is 9.75. The highest BCUT2D eigenvalue weighted by Gasteiger charge is 2.24. The van der Waals surface area contributed by atoms with Crippen LogP contribution in [0, 0.1) is 0 Å². The summed E-state index contributed by atoms with van der Waals surface area (Å²) in [6, 6.07) is 75.5. The second-order valence-corrected chi connectivity index (χ2v) is 16.9. The van der Waals surface area contributed by atoms with Gasteiger partial charge in [-0.2, -0.15) is 0 Å². The van der Waals surface area contributed by atoms with Gasteiger partial charge in [0.15, 0.2) is 0 Å². The molecule has 0 fully saturated rings. The maximum atomic E-state index is 7.11. The molecule has 0 aliphatic heterocycles. The number of furan rings is 1. The first-order valence-corrected chi connectivity index (χ1v) is 21.4. The van der Waals surface area contributed by atoms with Gasteiger partial charge >= 0.3 is 0 Å². The van der Waals surface area contributed by atoms with Gasteiger partial charge in [-0.1, -0.05) is 182 Å². The van der Waals surface area contributed by atoms with E-state index in [9.17, 15) is 0 Å². The van der Waals surface area contributed by atoms with Crippen molar-refractivity contribution in [1.82, 2.24) is 0 Å². The molecule has 0 aliphatic rings. The molecule has 2 heteroatoms. The van der Waals surface area contributed by atoms with Gasteiger partial charge in [0.1, 0.15) is 11.2 Å². The molecule has 1 nitrogen and oxygen atoms in total. The average molecular weight is 779 g/mol. The van der Waals surface area contributed by atoms with Gasteiger partial charge in [0.05, 0.1) is 0 Å². The maximum absolute atomic E-state index is 7.11. The van der Waals surface area contributed by atoms with Crippen LogP contribution >= 0.6 is 11.3 Å². The Hall–Kier alpha value is -7.52. The molecule has 0 amide bonds. The molecule has 0 unspecified atom stereocenters. The van der Waals surface area contributed by atoms with Crippen molar-refractivity contribution in [2.45, 2.75) is 0 Å². The average Bonchev–Trinajstić information content (AvgIpc) is 3.89. The molecule has 11 aromatic carbocycles. The summed E-state index contributed by atoms with van der Waals surface area (Å²) in [6.45, 7) is 0. The number of hydrogen-bond acceptors (Lipinski definition) is 2. The van der Waals surface area contributed by atoms with E-state index in [-0.39, 0.29) is 0 Å². The third-order valence-corrected chi connectivity index (χ3v) is 13.8. The zero-order valence-corrected chi connectivity index (χ0v) is 33.3. The third kappa shape index (κ3) is 4.80. The van der Waals surface area contributed by atoms with E-state index < -0.39 is 0 Å². The van der Waals surface area contributed by atoms with Gasteiger partial charge in [-0.25, -0.2) is 0 Å². The van der Waals surface area contributed by atoms with E-state index >= 15 is 0 Å². The van der Waals surface area contributed by atoms with Crippen LogP contribution in [0.2, 0.25) is 0 Å². The predicted octanol–water partition coefficient (Wildman–Crippen LogP) is 17.2. The molecule has 0 radical (unpaired) electrons. The molecule has 0 saturated carbocycles. The SMILES string of the molecule is c1ccc(-c2c3ccccc3c(-c3cccc4oc5c(-c6c7ccccc7c(-c7ccc8sc9ccccc9c8c7)c7ccccc67)cccc5c34)c3ccccc23)cc1. The summed E-state index contributed by atoms with van der Waals surface area (Å²) in [7, 11) is 0. The lowest BCUT2D eigenvalue weighted by Gasteiger charge is -2.18. The summed E-state index contributed by atoms with van der Waals surface area (Å²) in [5, 5.41) is 14.7. The minimum atomic E-state index is 0.886. The number of hydrogen-bond donors (Lipinski definition) is 0. The molecule has 0 spiro atoms. The molecule has 0 bridgehead atoms. The van der Waals surface area contributed by atoms with Crippen molar-refractivity contribution >= 4 is 96.5 Å². The van der Waals surface area contributed by atoms with Crippen molar-refractivity contribution in [2.24, 2.45) is 0 Å². The van der Waals surface area contributed by atoms with Crippen molar-refractivity contribution in [3.05, 3.63) is 206 Å². The van der Waals surface area contributed by atoms with E-state index in [4.69, 9.17) is 4.42 Å². The standard InChI is InChI=1S/C58H34OS/c1-2-16-35(17-3-1)53-38-19-4-8-23-42(38)55(43-24-9-5-20-39(43)53)46-27-15-30-50-57(46)48-29-14-28-47(58(48)59-50)56-44-25-10-6-21-40(44)54(41-22-7-11-26-45(41)56)36-32-33-52-49(34-36)37-18-12-13-31-51(37)60-52/h1-34H. The van der Waals surface area contributed by atoms with Crippen molar-refractivity contribution in [3.63, 3.8) is 0 Å². The van der Waals surface area contributed by atoms with Crippen LogP contribution in [-0.2, 0) is 0 Å². The first-order chi connectivity index (χ1) is 29.8. The monoisotopic (exact) mass is 778 g/mol. The second kappa shape index (κ2) is 13.0. The molecule has 2 aromatic heterocycles. The Kier molecular flexibility index (Phi) is 7.24. The number of fused-ring (bicyclic) bond motifs is 10. The van der Waals surface area contributed by atoms with E-state index in [1.165, 1.54) is 102 Å². The maximum Gasteiger partial charge on any atom is 0.143 e. The van der Waals surface area contributed by atoms with Crippen molar-refractivity contribution in [2.75, 3.05) is 0 Å². The number of benzene rings is 11. The van der Waals surface area contributed by atoms with Crippen LogP contribution in [0.1, 0.15) is 0 Å². The lowest BCUT2D eigenvalue weighted by molar-refractivity contribution is 0.670. The largest absolute Gasteiger partial charge is 0.455 e. The molecule has 0 aliphatic carbocycles. The molecular weight excluding hydrogens is 745 g/mol. The van der Waals surface area contributed by atoms with E-state index in [1.54, 1.807) is 0 Å². The van der Waals surface area contributed by atoms with Gasteiger partial charge in [0, 0.05) is 42.1 Å². The number of thiophene rings is 1. The lowest BCUT2D eigenvalue weighted by Crippen LogP contribution is -1.91. The highest BCUT2D eigenvalue weighted by molar-refractivity contribution is 7.25. The van der Waals surface area contributed by atoms with Crippen LogP contribution in [-0.4, -0.2) is 0 Å². The van der Waals surface area contributed by atoms with E-state index in [2.05, 4.69) is 206 Å². The molecular formula is C58H34OS. The Morgan fingerprint density at radius 2 is 0.733 bits per heavy atom. The van der Waals surface area contributed by atoms with Crippen LogP contribution in [0.4, 0.5) is 0 Å². The van der Waals surface area contributed by atoms with Gasteiger partial charge in [-0.3, -0.25) is 0 Å². The summed E-state index contributed by atoms with van der Waals surface area (Å²) in [5.74, 6) is 0. The minimum absolute atomic E-state index is 0.886. The molecule has 60 heavy (non-hydrogen) atoms. The molecule has 0 saturated heterocycles. The Balaban J connectivity index is 1.09. The fraction of sp³-hybridized carbons (Fsp3) is 0. The molecule has 13 aromatic rings. The van der Waals surface area contributed by atoms with E-state index in [0.717, 1.165) is 27.5 Å². The van der Waals surface area contributed by atoms with Gasteiger partial charge in [0.25, 0.3) is 0 Å². The highest BCUT2D eigenvalue weighted by atomic mass is 32.1. The van der Waals surface area contributed by atoms with Crippen molar-refractivity contribution in [3.8, 4) is 44.5 Å². The summed E-state index contributed by atoms with van der Waals surface area (Å²) in [6.07, 6.45) is 0.